The van der Waals surface area contributed by atoms with Gasteiger partial charge in [-0.25, -0.2) is 4.79 Å². The molecular weight excluding hydrogens is 228 g/mol. The first-order valence-corrected chi connectivity index (χ1v) is 4.79. The van der Waals surface area contributed by atoms with Crippen LogP contribution < -0.4 is 20.5 Å². The molecule has 0 saturated carbocycles. The predicted molar refractivity (Wildman–Crippen MR) is 59.2 cm³/mol. The molecule has 0 fully saturated rings. The maximum atomic E-state index is 10.3. The second kappa shape index (κ2) is 6.36. The van der Waals surface area contributed by atoms with E-state index in [1.54, 1.807) is 6.07 Å². The first-order valence-electron chi connectivity index (χ1n) is 4.79. The van der Waals surface area contributed by atoms with Gasteiger partial charge >= 0.3 is 6.09 Å². The van der Waals surface area contributed by atoms with Crippen molar-refractivity contribution < 1.29 is 19.0 Å². The van der Waals surface area contributed by atoms with Crippen molar-refractivity contribution in [1.82, 2.24) is 9.97 Å². The molecule has 0 radical (unpaired) electrons. The number of rotatable bonds is 6. The van der Waals surface area contributed by atoms with Crippen molar-refractivity contribution in [3.8, 4) is 11.8 Å². The highest BCUT2D eigenvalue weighted by atomic mass is 16.5. The van der Waals surface area contributed by atoms with E-state index in [-0.39, 0.29) is 6.61 Å². The second-order valence-electron chi connectivity index (χ2n) is 2.87. The molecule has 0 aliphatic heterocycles. The number of amides is 1. The van der Waals surface area contributed by atoms with E-state index >= 15 is 0 Å². The Kier molecular flexibility index (Phi) is 4.79. The summed E-state index contributed by atoms with van der Waals surface area (Å²) in [5, 5.41) is 2.83. The van der Waals surface area contributed by atoms with Gasteiger partial charge in [-0.1, -0.05) is 0 Å². The molecule has 8 nitrogen and oxygen atoms in total. The van der Waals surface area contributed by atoms with E-state index in [0.29, 0.717) is 24.3 Å². The molecule has 1 aromatic heterocycles. The Hall–Kier alpha value is -2.25. The molecule has 8 heteroatoms. The number of methoxy groups -OCH3 is 2. The molecule has 0 aliphatic rings. The number of hydrogen-bond donors (Lipinski definition) is 2. The van der Waals surface area contributed by atoms with Crippen LogP contribution in [0.2, 0.25) is 0 Å². The maximum absolute atomic E-state index is 10.3. The van der Waals surface area contributed by atoms with Crippen molar-refractivity contribution in [3.05, 3.63) is 6.07 Å². The summed E-state index contributed by atoms with van der Waals surface area (Å²) in [6, 6.07) is 1.55. The lowest BCUT2D eigenvalue weighted by atomic mass is 10.6. The lowest BCUT2D eigenvalue weighted by Crippen LogP contribution is -2.19. The van der Waals surface area contributed by atoms with Crippen LogP contribution in [0.25, 0.3) is 0 Å². The highest BCUT2D eigenvalue weighted by molar-refractivity contribution is 5.64. The van der Waals surface area contributed by atoms with Gasteiger partial charge in [0.15, 0.2) is 0 Å². The SMILES string of the molecule is COc1cc(OC)nc(NCCOC(N)=O)n1. The topological polar surface area (TPSA) is 109 Å². The van der Waals surface area contributed by atoms with Crippen molar-refractivity contribution in [3.63, 3.8) is 0 Å². The Morgan fingerprint density at radius 1 is 1.35 bits per heavy atom. The summed E-state index contributed by atoms with van der Waals surface area (Å²) in [5.74, 6) is 1.06. The molecular formula is C9H14N4O4. The average molecular weight is 242 g/mol. The monoisotopic (exact) mass is 242 g/mol. The summed E-state index contributed by atoms with van der Waals surface area (Å²) in [4.78, 5) is 18.4. The lowest BCUT2D eigenvalue weighted by Gasteiger charge is -2.08. The van der Waals surface area contributed by atoms with Gasteiger partial charge in [-0.3, -0.25) is 0 Å². The molecule has 94 valence electrons. The third-order valence-electron chi connectivity index (χ3n) is 1.73. The van der Waals surface area contributed by atoms with Gasteiger partial charge in [0.25, 0.3) is 0 Å². The standard InChI is InChI=1S/C9H14N4O4/c1-15-6-5-7(16-2)13-9(12-6)11-3-4-17-8(10)14/h5H,3-4H2,1-2H3,(H2,10,14)(H,11,12,13). The van der Waals surface area contributed by atoms with Crippen LogP contribution in [0.3, 0.4) is 0 Å². The summed E-state index contributed by atoms with van der Waals surface area (Å²) < 4.78 is 14.5. The quantitative estimate of drug-likeness (QED) is 0.676. The van der Waals surface area contributed by atoms with Gasteiger partial charge < -0.3 is 25.3 Å². The van der Waals surface area contributed by atoms with Crippen molar-refractivity contribution in [2.45, 2.75) is 0 Å². The van der Waals surface area contributed by atoms with Crippen LogP contribution in [0.5, 0.6) is 11.8 Å². The van der Waals surface area contributed by atoms with E-state index in [9.17, 15) is 4.79 Å². The maximum Gasteiger partial charge on any atom is 0.404 e. The van der Waals surface area contributed by atoms with Crippen LogP contribution in [0.15, 0.2) is 6.07 Å². The van der Waals surface area contributed by atoms with Gasteiger partial charge in [-0.2, -0.15) is 9.97 Å². The molecule has 17 heavy (non-hydrogen) atoms. The number of nitrogens with zero attached hydrogens (tertiary/aromatic N) is 2. The van der Waals surface area contributed by atoms with Crippen molar-refractivity contribution in [2.24, 2.45) is 5.73 Å². The van der Waals surface area contributed by atoms with Gasteiger partial charge in [0, 0.05) is 0 Å². The van der Waals surface area contributed by atoms with Crippen LogP contribution in [-0.4, -0.2) is 43.4 Å². The molecule has 1 aromatic rings. The van der Waals surface area contributed by atoms with Crippen molar-refractivity contribution in [2.75, 3.05) is 32.7 Å². The fourth-order valence-corrected chi connectivity index (χ4v) is 1.01. The fraction of sp³-hybridized carbons (Fsp3) is 0.444. The molecule has 0 bridgehead atoms. The molecule has 1 amide bonds. The number of carbonyl (C=O) groups is 1. The number of anilines is 1. The minimum absolute atomic E-state index is 0.123. The Bertz CT molecular complexity index is 363. The summed E-state index contributed by atoms with van der Waals surface area (Å²) in [6.45, 7) is 0.456. The van der Waals surface area contributed by atoms with Crippen molar-refractivity contribution in [1.29, 1.82) is 0 Å². The largest absolute Gasteiger partial charge is 0.481 e. The number of ether oxygens (including phenoxy) is 3. The normalized spacial score (nSPS) is 9.53. The number of hydrogen-bond acceptors (Lipinski definition) is 7. The number of aromatic nitrogens is 2. The summed E-state index contributed by atoms with van der Waals surface area (Å²) in [7, 11) is 2.98. The van der Waals surface area contributed by atoms with Gasteiger partial charge in [-0.15, -0.1) is 0 Å². The Balaban J connectivity index is 2.54. The Labute approximate surface area is 98.1 Å². The Morgan fingerprint density at radius 3 is 2.41 bits per heavy atom. The van der Waals surface area contributed by atoms with E-state index in [1.807, 2.05) is 0 Å². The number of nitrogens with one attached hydrogen (secondary N) is 1. The highest BCUT2D eigenvalue weighted by Crippen LogP contribution is 2.16. The minimum Gasteiger partial charge on any atom is -0.481 e. The number of carbonyl (C=O) groups excluding carboxylic acids is 1. The smallest absolute Gasteiger partial charge is 0.404 e. The van der Waals surface area contributed by atoms with Gasteiger partial charge in [0.05, 0.1) is 26.8 Å². The van der Waals surface area contributed by atoms with E-state index in [0.717, 1.165) is 0 Å². The second-order valence-corrected chi connectivity index (χ2v) is 2.87. The van der Waals surface area contributed by atoms with Crippen LogP contribution in [0.4, 0.5) is 10.7 Å². The lowest BCUT2D eigenvalue weighted by molar-refractivity contribution is 0.161. The number of primary amides is 1. The molecule has 3 N–H and O–H groups in total. The zero-order chi connectivity index (χ0) is 12.7. The molecule has 1 rings (SSSR count). The minimum atomic E-state index is -0.823. The van der Waals surface area contributed by atoms with E-state index in [1.165, 1.54) is 14.2 Å². The molecule has 0 atom stereocenters. The zero-order valence-electron chi connectivity index (χ0n) is 9.60. The average Bonchev–Trinajstić information content (AvgIpc) is 2.34. The Morgan fingerprint density at radius 2 is 1.94 bits per heavy atom. The third kappa shape index (κ3) is 4.41. The molecule has 0 saturated heterocycles. The van der Waals surface area contributed by atoms with E-state index in [4.69, 9.17) is 15.2 Å². The number of nitrogens with two attached hydrogens (primary N) is 1. The first kappa shape index (κ1) is 12.8. The first-order chi connectivity index (χ1) is 8.15. The molecule has 0 aromatic carbocycles. The molecule has 0 spiro atoms. The van der Waals surface area contributed by atoms with Crippen LogP contribution >= 0.6 is 0 Å². The molecule has 0 aliphatic carbocycles. The van der Waals surface area contributed by atoms with Gasteiger partial charge in [-0.05, 0) is 0 Å². The van der Waals surface area contributed by atoms with Crippen molar-refractivity contribution >= 4 is 12.0 Å². The van der Waals surface area contributed by atoms with Gasteiger partial charge in [0.2, 0.25) is 17.7 Å². The van der Waals surface area contributed by atoms with Crippen LogP contribution in [-0.2, 0) is 4.74 Å². The third-order valence-corrected chi connectivity index (χ3v) is 1.73. The van der Waals surface area contributed by atoms with Crippen LogP contribution in [0, 0.1) is 0 Å². The van der Waals surface area contributed by atoms with E-state index < -0.39 is 6.09 Å². The summed E-state index contributed by atoms with van der Waals surface area (Å²) >= 11 is 0. The zero-order valence-corrected chi connectivity index (χ0v) is 9.60. The predicted octanol–water partition coefficient (Wildman–Crippen LogP) is 0.00100. The van der Waals surface area contributed by atoms with Crippen LogP contribution in [0.1, 0.15) is 0 Å². The molecule has 0 unspecified atom stereocenters. The summed E-state index contributed by atoms with van der Waals surface area (Å²) in [6.07, 6.45) is -0.823. The molecule has 1 heterocycles. The fourth-order valence-electron chi connectivity index (χ4n) is 1.01. The van der Waals surface area contributed by atoms with E-state index in [2.05, 4.69) is 20.0 Å². The summed E-state index contributed by atoms with van der Waals surface area (Å²) in [5.41, 5.74) is 4.80. The highest BCUT2D eigenvalue weighted by Gasteiger charge is 2.04. The van der Waals surface area contributed by atoms with Gasteiger partial charge in [0.1, 0.15) is 6.61 Å².